The molecule has 3 aromatic heterocycles. The second-order valence-electron chi connectivity index (χ2n) is 6.01. The Bertz CT molecular complexity index is 1120. The van der Waals surface area contributed by atoms with Gasteiger partial charge in [0.15, 0.2) is 0 Å². The fourth-order valence-corrected chi connectivity index (χ4v) is 4.25. The number of thioether (sulfide) groups is 1. The van der Waals surface area contributed by atoms with Crippen LogP contribution in [0.15, 0.2) is 50.1 Å². The molecular formula is C18H16N4O2S2. The van der Waals surface area contributed by atoms with E-state index in [4.69, 9.17) is 4.42 Å². The number of nitrogens with zero attached hydrogens (tertiary/aromatic N) is 4. The Labute approximate surface area is 157 Å². The second kappa shape index (κ2) is 7.05. The minimum atomic E-state index is -0.338. The molecule has 0 spiro atoms. The Morgan fingerprint density at radius 3 is 2.88 bits per heavy atom. The van der Waals surface area contributed by atoms with Crippen LogP contribution in [0.25, 0.3) is 11.0 Å². The van der Waals surface area contributed by atoms with E-state index < -0.39 is 0 Å². The molecule has 0 bridgehead atoms. The van der Waals surface area contributed by atoms with Crippen LogP contribution in [0.4, 0.5) is 0 Å². The lowest BCUT2D eigenvalue weighted by atomic mass is 10.0. The Balaban J connectivity index is 1.62. The molecule has 0 saturated carbocycles. The second-order valence-corrected chi connectivity index (χ2v) is 7.99. The molecule has 8 heteroatoms. The van der Waals surface area contributed by atoms with Gasteiger partial charge < -0.3 is 4.42 Å². The fraction of sp³-hybridized carbons (Fsp3) is 0.222. The summed E-state index contributed by atoms with van der Waals surface area (Å²) in [5.41, 5.74) is 3.48. The molecule has 4 aromatic rings. The van der Waals surface area contributed by atoms with Gasteiger partial charge in [0, 0.05) is 22.1 Å². The summed E-state index contributed by atoms with van der Waals surface area (Å²) in [5.74, 6) is 0.593. The summed E-state index contributed by atoms with van der Waals surface area (Å²) in [5, 5.41) is 15.7. The van der Waals surface area contributed by atoms with Gasteiger partial charge in [-0.05, 0) is 64.5 Å². The molecule has 0 amide bonds. The highest BCUT2D eigenvalue weighted by Crippen LogP contribution is 2.27. The molecule has 0 aliphatic heterocycles. The molecule has 0 saturated heterocycles. The monoisotopic (exact) mass is 384 g/mol. The Morgan fingerprint density at radius 1 is 1.23 bits per heavy atom. The van der Waals surface area contributed by atoms with Crippen LogP contribution in [0, 0.1) is 13.8 Å². The summed E-state index contributed by atoms with van der Waals surface area (Å²) >= 11 is 3.18. The van der Waals surface area contributed by atoms with Crippen molar-refractivity contribution in [3.63, 3.8) is 0 Å². The Kier molecular flexibility index (Phi) is 4.60. The number of hydrogen-bond donors (Lipinski definition) is 0. The van der Waals surface area contributed by atoms with Gasteiger partial charge in [-0.1, -0.05) is 17.8 Å². The van der Waals surface area contributed by atoms with Crippen LogP contribution in [-0.2, 0) is 12.3 Å². The quantitative estimate of drug-likeness (QED) is 0.385. The van der Waals surface area contributed by atoms with E-state index in [9.17, 15) is 4.79 Å². The highest BCUT2D eigenvalue weighted by molar-refractivity contribution is 7.98. The third kappa shape index (κ3) is 3.42. The molecular weight excluding hydrogens is 368 g/mol. The average molecular weight is 384 g/mol. The molecule has 0 N–H and O–H groups in total. The van der Waals surface area contributed by atoms with E-state index in [-0.39, 0.29) is 5.63 Å². The average Bonchev–Trinajstić information content (AvgIpc) is 3.27. The molecule has 0 radical (unpaired) electrons. The molecule has 4 rings (SSSR count). The number of thiophene rings is 1. The van der Waals surface area contributed by atoms with Gasteiger partial charge in [0.1, 0.15) is 5.58 Å². The first-order valence-corrected chi connectivity index (χ1v) is 9.92. The lowest BCUT2D eigenvalue weighted by Gasteiger charge is -2.08. The van der Waals surface area contributed by atoms with E-state index in [1.54, 1.807) is 22.1 Å². The van der Waals surface area contributed by atoms with Gasteiger partial charge in [-0.25, -0.2) is 9.48 Å². The lowest BCUT2D eigenvalue weighted by molar-refractivity contribution is 0.559. The first kappa shape index (κ1) is 17.0. The minimum absolute atomic E-state index is 0.338. The third-order valence-electron chi connectivity index (χ3n) is 4.19. The van der Waals surface area contributed by atoms with Crippen molar-refractivity contribution in [3.8, 4) is 0 Å². The summed E-state index contributed by atoms with van der Waals surface area (Å²) in [7, 11) is 0. The number of aromatic nitrogens is 4. The highest BCUT2D eigenvalue weighted by atomic mass is 32.2. The molecule has 132 valence electrons. The van der Waals surface area contributed by atoms with Crippen LogP contribution < -0.4 is 5.63 Å². The largest absolute Gasteiger partial charge is 0.423 e. The van der Waals surface area contributed by atoms with Crippen molar-refractivity contribution in [2.75, 3.05) is 0 Å². The lowest BCUT2D eigenvalue weighted by Crippen LogP contribution is -2.04. The standard InChI is InChI=1S/C18H16N4O2S2/c1-11-6-15-13(8-17(23)24-16(15)7-12(11)2)10-26-18-19-20-21-22(18)9-14-4-3-5-25-14/h3-8H,9-10H2,1-2H3. The molecule has 26 heavy (non-hydrogen) atoms. The van der Waals surface area contributed by atoms with E-state index in [0.717, 1.165) is 21.7 Å². The zero-order valence-electron chi connectivity index (χ0n) is 14.3. The van der Waals surface area contributed by atoms with Gasteiger partial charge in [-0.2, -0.15) is 0 Å². The minimum Gasteiger partial charge on any atom is -0.423 e. The molecule has 0 aliphatic rings. The van der Waals surface area contributed by atoms with E-state index in [0.29, 0.717) is 17.9 Å². The third-order valence-corrected chi connectivity index (χ3v) is 6.05. The zero-order valence-corrected chi connectivity index (χ0v) is 15.9. The Morgan fingerprint density at radius 2 is 2.08 bits per heavy atom. The summed E-state index contributed by atoms with van der Waals surface area (Å²) in [6.07, 6.45) is 0. The summed E-state index contributed by atoms with van der Waals surface area (Å²) in [4.78, 5) is 13.1. The van der Waals surface area contributed by atoms with Gasteiger partial charge in [0.05, 0.1) is 6.54 Å². The smallest absolute Gasteiger partial charge is 0.336 e. The normalized spacial score (nSPS) is 11.3. The Hall–Kier alpha value is -2.45. The number of hydrogen-bond acceptors (Lipinski definition) is 7. The maximum atomic E-state index is 11.9. The predicted molar refractivity (Wildman–Crippen MR) is 103 cm³/mol. The van der Waals surface area contributed by atoms with E-state index in [2.05, 4.69) is 34.6 Å². The van der Waals surface area contributed by atoms with Crippen molar-refractivity contribution in [2.45, 2.75) is 31.3 Å². The van der Waals surface area contributed by atoms with Gasteiger partial charge in [-0.3, -0.25) is 0 Å². The van der Waals surface area contributed by atoms with E-state index in [1.165, 1.54) is 22.2 Å². The zero-order chi connectivity index (χ0) is 18.1. The predicted octanol–water partition coefficient (Wildman–Crippen LogP) is 3.80. The van der Waals surface area contributed by atoms with Crippen molar-refractivity contribution in [1.82, 2.24) is 20.2 Å². The fourth-order valence-electron chi connectivity index (χ4n) is 2.69. The van der Waals surface area contributed by atoms with Crippen molar-refractivity contribution < 1.29 is 4.42 Å². The number of rotatable bonds is 5. The van der Waals surface area contributed by atoms with Crippen molar-refractivity contribution in [3.05, 3.63) is 67.7 Å². The van der Waals surface area contributed by atoms with E-state index >= 15 is 0 Å². The number of benzene rings is 1. The molecule has 6 nitrogen and oxygen atoms in total. The number of fused-ring (bicyclic) bond motifs is 1. The molecule has 1 aromatic carbocycles. The van der Waals surface area contributed by atoms with Crippen LogP contribution in [0.1, 0.15) is 21.6 Å². The van der Waals surface area contributed by atoms with Gasteiger partial charge in [-0.15, -0.1) is 16.4 Å². The topological polar surface area (TPSA) is 73.8 Å². The molecule has 0 fully saturated rings. The van der Waals surface area contributed by atoms with Crippen LogP contribution >= 0.6 is 23.1 Å². The first-order chi connectivity index (χ1) is 12.6. The van der Waals surface area contributed by atoms with Crippen molar-refractivity contribution in [1.29, 1.82) is 0 Å². The van der Waals surface area contributed by atoms with Crippen LogP contribution in [0.3, 0.4) is 0 Å². The number of tetrazole rings is 1. The van der Waals surface area contributed by atoms with Crippen LogP contribution in [-0.4, -0.2) is 20.2 Å². The maximum absolute atomic E-state index is 11.9. The van der Waals surface area contributed by atoms with Gasteiger partial charge in [0.2, 0.25) is 5.16 Å². The van der Waals surface area contributed by atoms with Crippen LogP contribution in [0.5, 0.6) is 0 Å². The molecule has 0 atom stereocenters. The van der Waals surface area contributed by atoms with Gasteiger partial charge in [0.25, 0.3) is 0 Å². The summed E-state index contributed by atoms with van der Waals surface area (Å²) in [6.45, 7) is 4.70. The molecule has 3 heterocycles. The number of aryl methyl sites for hydroxylation is 2. The highest BCUT2D eigenvalue weighted by Gasteiger charge is 2.12. The summed E-state index contributed by atoms with van der Waals surface area (Å²) < 4.78 is 7.14. The molecule has 0 unspecified atom stereocenters. The van der Waals surface area contributed by atoms with Crippen LogP contribution in [0.2, 0.25) is 0 Å². The summed E-state index contributed by atoms with van der Waals surface area (Å²) in [6, 6.07) is 9.61. The molecule has 0 aliphatic carbocycles. The van der Waals surface area contributed by atoms with Gasteiger partial charge >= 0.3 is 5.63 Å². The van der Waals surface area contributed by atoms with E-state index in [1.807, 2.05) is 24.4 Å². The SMILES string of the molecule is Cc1cc2oc(=O)cc(CSc3nnnn3Cc3cccs3)c2cc1C. The van der Waals surface area contributed by atoms with Crippen molar-refractivity contribution in [2.24, 2.45) is 0 Å². The van der Waals surface area contributed by atoms with Crippen molar-refractivity contribution >= 4 is 34.1 Å². The first-order valence-electron chi connectivity index (χ1n) is 8.05. The maximum Gasteiger partial charge on any atom is 0.336 e.